The van der Waals surface area contributed by atoms with Gasteiger partial charge < -0.3 is 14.4 Å². The molecule has 0 aliphatic carbocycles. The molecule has 7 nitrogen and oxygen atoms in total. The number of aliphatic hydroxyl groups is 1. The molecule has 1 aliphatic heterocycles. The first-order chi connectivity index (χ1) is 13.3. The number of piperidine rings is 1. The second-order valence-corrected chi connectivity index (χ2v) is 8.15. The van der Waals surface area contributed by atoms with Crippen LogP contribution in [0.25, 0.3) is 0 Å². The van der Waals surface area contributed by atoms with Crippen LogP contribution in [0.4, 0.5) is 0 Å². The Morgan fingerprint density at radius 3 is 2.61 bits per heavy atom. The van der Waals surface area contributed by atoms with Crippen molar-refractivity contribution in [1.82, 2.24) is 20.0 Å². The Labute approximate surface area is 166 Å². The van der Waals surface area contributed by atoms with Crippen molar-refractivity contribution in [3.05, 3.63) is 47.2 Å². The van der Waals surface area contributed by atoms with Crippen LogP contribution in [-0.2, 0) is 17.9 Å². The lowest BCUT2D eigenvalue weighted by atomic mass is 9.90. The molecule has 0 saturated carbocycles. The topological polar surface area (TPSA) is 82.7 Å². The quantitative estimate of drug-likeness (QED) is 0.787. The van der Waals surface area contributed by atoms with Crippen molar-refractivity contribution in [1.29, 1.82) is 0 Å². The molecule has 2 heterocycles. The molecule has 7 heteroatoms. The molecule has 1 aromatic heterocycles. The van der Waals surface area contributed by atoms with Crippen LogP contribution in [0.15, 0.2) is 28.7 Å². The molecule has 1 fully saturated rings. The summed E-state index contributed by atoms with van der Waals surface area (Å²) in [6.45, 7) is 7.87. The average Bonchev–Trinajstić information content (AvgIpc) is 3.04. The molecule has 152 valence electrons. The van der Waals surface area contributed by atoms with Gasteiger partial charge in [-0.2, -0.15) is 0 Å². The van der Waals surface area contributed by atoms with Gasteiger partial charge in [0, 0.05) is 26.6 Å². The lowest BCUT2D eigenvalue weighted by molar-refractivity contribution is -0.160. The highest BCUT2D eigenvalue weighted by atomic mass is 16.4. The van der Waals surface area contributed by atoms with E-state index in [4.69, 9.17) is 4.42 Å². The number of aryl methyl sites for hydroxylation is 1. The van der Waals surface area contributed by atoms with Crippen molar-refractivity contribution in [2.75, 3.05) is 20.1 Å². The third kappa shape index (κ3) is 4.77. The highest BCUT2D eigenvalue weighted by molar-refractivity contribution is 5.86. The molecule has 28 heavy (non-hydrogen) atoms. The summed E-state index contributed by atoms with van der Waals surface area (Å²) in [4.78, 5) is 16.6. The number of carbonyl (C=O) groups is 1. The lowest BCUT2D eigenvalue weighted by Gasteiger charge is -2.40. The van der Waals surface area contributed by atoms with E-state index in [-0.39, 0.29) is 12.5 Å². The molecule has 1 aliphatic rings. The zero-order valence-corrected chi connectivity index (χ0v) is 17.2. The number of hydrogen-bond acceptors (Lipinski definition) is 6. The summed E-state index contributed by atoms with van der Waals surface area (Å²) < 4.78 is 5.39. The van der Waals surface area contributed by atoms with Gasteiger partial charge in [0.15, 0.2) is 5.60 Å². The summed E-state index contributed by atoms with van der Waals surface area (Å²) in [6.07, 6.45) is 1.24. The Morgan fingerprint density at radius 2 is 2.00 bits per heavy atom. The zero-order chi connectivity index (χ0) is 20.3. The van der Waals surface area contributed by atoms with Gasteiger partial charge >= 0.3 is 0 Å². The van der Waals surface area contributed by atoms with Crippen LogP contribution >= 0.6 is 0 Å². The van der Waals surface area contributed by atoms with E-state index in [1.54, 1.807) is 11.8 Å². The van der Waals surface area contributed by atoms with Crippen LogP contribution in [-0.4, -0.2) is 56.7 Å². The molecule has 1 saturated heterocycles. The number of rotatable bonds is 7. The number of likely N-dealkylation sites (tertiary alicyclic amines) is 1. The number of benzene rings is 1. The fraction of sp³-hybridized carbons (Fsp3) is 0.571. The second kappa shape index (κ2) is 8.41. The fourth-order valence-electron chi connectivity index (χ4n) is 3.73. The van der Waals surface area contributed by atoms with E-state index < -0.39 is 5.60 Å². The molecule has 0 unspecified atom stereocenters. The number of hydrogen-bond donors (Lipinski definition) is 1. The Bertz CT molecular complexity index is 802. The van der Waals surface area contributed by atoms with Gasteiger partial charge in [0.25, 0.3) is 5.91 Å². The molecule has 1 N–H and O–H groups in total. The molecule has 0 bridgehead atoms. The van der Waals surface area contributed by atoms with Crippen molar-refractivity contribution in [2.24, 2.45) is 0 Å². The van der Waals surface area contributed by atoms with Crippen molar-refractivity contribution in [3.8, 4) is 0 Å². The van der Waals surface area contributed by atoms with E-state index in [9.17, 15) is 9.90 Å². The molecular formula is C21H30N4O3. The normalized spacial score (nSPS) is 20.4. The molecule has 1 amide bonds. The average molecular weight is 386 g/mol. The number of amides is 1. The minimum atomic E-state index is -1.39. The molecule has 0 radical (unpaired) electrons. The summed E-state index contributed by atoms with van der Waals surface area (Å²) in [7, 11) is 1.84. The highest BCUT2D eigenvalue weighted by Crippen LogP contribution is 2.26. The molecular weight excluding hydrogens is 356 g/mol. The van der Waals surface area contributed by atoms with Crippen LogP contribution in [0.1, 0.15) is 55.5 Å². The summed E-state index contributed by atoms with van der Waals surface area (Å²) in [5.74, 6) is 1.26. The van der Waals surface area contributed by atoms with Crippen LogP contribution in [0, 0.1) is 6.92 Å². The molecule has 1 aromatic carbocycles. The SMILES string of the molecule is Cc1nnc(CN(C)C[C@@]2(O)CCCN(Cc3ccc(C(C)C)cc3)C2=O)o1. The molecule has 0 spiro atoms. The van der Waals surface area contributed by atoms with Gasteiger partial charge in [0.05, 0.1) is 6.54 Å². The van der Waals surface area contributed by atoms with E-state index >= 15 is 0 Å². The van der Waals surface area contributed by atoms with Gasteiger partial charge in [0.1, 0.15) is 0 Å². The van der Waals surface area contributed by atoms with Gasteiger partial charge in [-0.05, 0) is 36.9 Å². The number of nitrogens with zero attached hydrogens (tertiary/aromatic N) is 4. The van der Waals surface area contributed by atoms with E-state index in [2.05, 4.69) is 48.3 Å². The monoisotopic (exact) mass is 386 g/mol. The van der Waals surface area contributed by atoms with Crippen LogP contribution in [0.3, 0.4) is 0 Å². The number of carbonyl (C=O) groups excluding carboxylic acids is 1. The van der Waals surface area contributed by atoms with Gasteiger partial charge in [-0.25, -0.2) is 0 Å². The summed E-state index contributed by atoms with van der Waals surface area (Å²) >= 11 is 0. The molecule has 2 aromatic rings. The van der Waals surface area contributed by atoms with Gasteiger partial charge in [-0.1, -0.05) is 38.1 Å². The maximum atomic E-state index is 13.0. The van der Waals surface area contributed by atoms with Gasteiger partial charge in [0.2, 0.25) is 11.8 Å². The predicted molar refractivity (Wildman–Crippen MR) is 106 cm³/mol. The van der Waals surface area contributed by atoms with E-state index in [0.29, 0.717) is 43.8 Å². The van der Waals surface area contributed by atoms with Gasteiger partial charge in [-0.15, -0.1) is 10.2 Å². The second-order valence-electron chi connectivity index (χ2n) is 8.15. The van der Waals surface area contributed by atoms with Crippen LogP contribution in [0.2, 0.25) is 0 Å². The Kier molecular flexibility index (Phi) is 6.15. The first-order valence-electron chi connectivity index (χ1n) is 9.85. The smallest absolute Gasteiger partial charge is 0.256 e. The van der Waals surface area contributed by atoms with Crippen molar-refractivity contribution in [3.63, 3.8) is 0 Å². The summed E-state index contributed by atoms with van der Waals surface area (Å²) in [5.41, 5.74) is 0.972. The number of likely N-dealkylation sites (N-methyl/N-ethyl adjacent to an activating group) is 1. The summed E-state index contributed by atoms with van der Waals surface area (Å²) in [5, 5.41) is 18.8. The minimum absolute atomic E-state index is 0.208. The van der Waals surface area contributed by atoms with E-state index in [1.165, 1.54) is 5.56 Å². The van der Waals surface area contributed by atoms with Gasteiger partial charge in [-0.3, -0.25) is 9.69 Å². The highest BCUT2D eigenvalue weighted by Gasteiger charge is 2.42. The van der Waals surface area contributed by atoms with Crippen molar-refractivity contribution < 1.29 is 14.3 Å². The maximum Gasteiger partial charge on any atom is 0.256 e. The Hall–Kier alpha value is -2.25. The van der Waals surface area contributed by atoms with E-state index in [0.717, 1.165) is 12.0 Å². The maximum absolute atomic E-state index is 13.0. The number of aromatic nitrogens is 2. The fourth-order valence-corrected chi connectivity index (χ4v) is 3.73. The lowest BCUT2D eigenvalue weighted by Crippen LogP contribution is -2.57. The zero-order valence-electron chi connectivity index (χ0n) is 17.2. The third-order valence-electron chi connectivity index (χ3n) is 5.23. The molecule has 3 rings (SSSR count). The van der Waals surface area contributed by atoms with E-state index in [1.807, 2.05) is 11.9 Å². The first kappa shape index (κ1) is 20.5. The first-order valence-corrected chi connectivity index (χ1v) is 9.85. The van der Waals surface area contributed by atoms with Crippen molar-refractivity contribution in [2.45, 2.75) is 58.2 Å². The summed E-state index contributed by atoms with van der Waals surface area (Å²) in [6, 6.07) is 8.36. The molecule has 1 atom stereocenters. The Balaban J connectivity index is 1.63. The largest absolute Gasteiger partial charge is 0.424 e. The standard InChI is InChI=1S/C21H30N4O3/c1-15(2)18-8-6-17(7-9-18)12-25-11-5-10-21(27,20(25)26)14-24(4)13-19-23-22-16(3)28-19/h6-9,15,27H,5,10-14H2,1-4H3/t21-/m0/s1. The van der Waals surface area contributed by atoms with Crippen molar-refractivity contribution >= 4 is 5.91 Å². The predicted octanol–water partition coefficient (Wildman–Crippen LogP) is 2.49. The van der Waals surface area contributed by atoms with Crippen LogP contribution in [0.5, 0.6) is 0 Å². The minimum Gasteiger partial charge on any atom is -0.424 e. The Morgan fingerprint density at radius 1 is 1.29 bits per heavy atom. The third-order valence-corrected chi connectivity index (χ3v) is 5.23. The van der Waals surface area contributed by atoms with Crippen LogP contribution < -0.4 is 0 Å².